The minimum atomic E-state index is -0.735. The van der Waals surface area contributed by atoms with Crippen molar-refractivity contribution >= 4 is 33.9 Å². The van der Waals surface area contributed by atoms with Crippen molar-refractivity contribution in [3.8, 4) is 0 Å². The molecular weight excluding hydrogens is 314 g/mol. The summed E-state index contributed by atoms with van der Waals surface area (Å²) in [6, 6.07) is 1.27. The molecule has 1 aromatic rings. The lowest BCUT2D eigenvalue weighted by molar-refractivity contribution is 0.0590. The van der Waals surface area contributed by atoms with Crippen molar-refractivity contribution in [3.05, 3.63) is 22.3 Å². The van der Waals surface area contributed by atoms with E-state index in [1.54, 1.807) is 26.8 Å². The molecule has 3 amide bonds. The zero-order chi connectivity index (χ0) is 14.2. The van der Waals surface area contributed by atoms with E-state index in [0.717, 1.165) is 14.9 Å². The van der Waals surface area contributed by atoms with Crippen LogP contribution in [0.25, 0.3) is 0 Å². The molecule has 2 heterocycles. The summed E-state index contributed by atoms with van der Waals surface area (Å²) in [5, 5.41) is 2.61. The number of amides is 3. The Hall–Kier alpha value is -1.63. The van der Waals surface area contributed by atoms with Crippen LogP contribution in [0.4, 0.5) is 15.4 Å². The standard InChI is InChI=1S/C12H14BrN3O3/c1-12(2,3)19-11(18)16-9-7(5-15-10(16)17)4-8(13)6-14-9/h4,6H,5H2,1-3H3,(H,15,17). The topological polar surface area (TPSA) is 71.5 Å². The molecule has 0 bridgehead atoms. The zero-order valence-electron chi connectivity index (χ0n) is 10.9. The fourth-order valence-corrected chi connectivity index (χ4v) is 2.01. The van der Waals surface area contributed by atoms with Gasteiger partial charge in [-0.05, 0) is 42.8 Å². The number of hydrogen-bond acceptors (Lipinski definition) is 4. The molecule has 19 heavy (non-hydrogen) atoms. The summed E-state index contributed by atoms with van der Waals surface area (Å²) in [5.74, 6) is 0.307. The Balaban J connectivity index is 2.35. The third-order valence-corrected chi connectivity index (χ3v) is 2.76. The zero-order valence-corrected chi connectivity index (χ0v) is 12.4. The van der Waals surface area contributed by atoms with Crippen molar-refractivity contribution in [2.75, 3.05) is 4.90 Å². The minimum absolute atomic E-state index is 0.307. The van der Waals surface area contributed by atoms with E-state index in [4.69, 9.17) is 4.74 Å². The summed E-state index contributed by atoms with van der Waals surface area (Å²) in [6.07, 6.45) is 0.801. The lowest BCUT2D eigenvalue weighted by Crippen LogP contribution is -2.49. The molecule has 0 spiro atoms. The van der Waals surface area contributed by atoms with Crippen LogP contribution in [-0.2, 0) is 11.3 Å². The first kappa shape index (κ1) is 13.8. The fraction of sp³-hybridized carbons (Fsp3) is 0.417. The number of anilines is 1. The highest BCUT2D eigenvalue weighted by atomic mass is 79.9. The Morgan fingerprint density at radius 3 is 2.84 bits per heavy atom. The summed E-state index contributed by atoms with van der Waals surface area (Å²) >= 11 is 3.30. The number of carbonyl (C=O) groups is 2. The third-order valence-electron chi connectivity index (χ3n) is 2.33. The Morgan fingerprint density at radius 1 is 1.53 bits per heavy atom. The highest BCUT2D eigenvalue weighted by molar-refractivity contribution is 9.10. The Labute approximate surface area is 119 Å². The van der Waals surface area contributed by atoms with Crippen LogP contribution in [0.3, 0.4) is 0 Å². The first-order valence-corrected chi connectivity index (χ1v) is 6.52. The second-order valence-electron chi connectivity index (χ2n) is 5.11. The maximum absolute atomic E-state index is 12.1. The van der Waals surface area contributed by atoms with Gasteiger partial charge >= 0.3 is 12.1 Å². The van der Waals surface area contributed by atoms with E-state index < -0.39 is 17.7 Å². The summed E-state index contributed by atoms with van der Waals surface area (Å²) in [5.41, 5.74) is 0.0736. The second-order valence-corrected chi connectivity index (χ2v) is 6.03. The van der Waals surface area contributed by atoms with E-state index in [2.05, 4.69) is 26.2 Å². The van der Waals surface area contributed by atoms with Gasteiger partial charge < -0.3 is 10.1 Å². The average molecular weight is 328 g/mol. The number of urea groups is 1. The molecule has 0 unspecified atom stereocenters. The number of pyridine rings is 1. The molecule has 1 N–H and O–H groups in total. The molecule has 6 nitrogen and oxygen atoms in total. The van der Waals surface area contributed by atoms with E-state index in [9.17, 15) is 9.59 Å². The minimum Gasteiger partial charge on any atom is -0.443 e. The number of hydrogen-bond donors (Lipinski definition) is 1. The van der Waals surface area contributed by atoms with Gasteiger partial charge in [-0.2, -0.15) is 4.90 Å². The molecular formula is C12H14BrN3O3. The van der Waals surface area contributed by atoms with Gasteiger partial charge in [0.2, 0.25) is 0 Å². The van der Waals surface area contributed by atoms with Crippen molar-refractivity contribution in [2.24, 2.45) is 0 Å². The van der Waals surface area contributed by atoms with Gasteiger partial charge in [0.1, 0.15) is 5.60 Å². The number of carbonyl (C=O) groups excluding carboxylic acids is 2. The van der Waals surface area contributed by atoms with Gasteiger partial charge in [-0.1, -0.05) is 0 Å². The number of fused-ring (bicyclic) bond motifs is 1. The van der Waals surface area contributed by atoms with Crippen molar-refractivity contribution in [3.63, 3.8) is 0 Å². The number of imide groups is 1. The average Bonchev–Trinajstić information content (AvgIpc) is 2.26. The van der Waals surface area contributed by atoms with Crippen LogP contribution in [0.15, 0.2) is 16.7 Å². The summed E-state index contributed by atoms with van der Waals surface area (Å²) in [6.45, 7) is 5.55. The van der Waals surface area contributed by atoms with Crippen LogP contribution in [0.5, 0.6) is 0 Å². The first-order chi connectivity index (χ1) is 8.78. The van der Waals surface area contributed by atoms with Gasteiger partial charge in [-0.3, -0.25) is 0 Å². The number of nitrogens with zero attached hydrogens (tertiary/aromatic N) is 2. The lowest BCUT2D eigenvalue weighted by atomic mass is 10.2. The van der Waals surface area contributed by atoms with Crippen LogP contribution in [0, 0.1) is 0 Å². The van der Waals surface area contributed by atoms with E-state index in [0.29, 0.717) is 12.4 Å². The van der Waals surface area contributed by atoms with Crippen LogP contribution in [0.1, 0.15) is 26.3 Å². The second kappa shape index (κ2) is 4.80. The molecule has 0 radical (unpaired) electrons. The van der Waals surface area contributed by atoms with Crippen molar-refractivity contribution in [2.45, 2.75) is 32.9 Å². The van der Waals surface area contributed by atoms with Gasteiger partial charge in [0.25, 0.3) is 0 Å². The molecule has 0 aliphatic carbocycles. The molecule has 0 fully saturated rings. The Kier molecular flexibility index (Phi) is 3.49. The van der Waals surface area contributed by atoms with Crippen molar-refractivity contribution in [1.29, 1.82) is 0 Å². The maximum atomic E-state index is 12.1. The number of rotatable bonds is 0. The molecule has 0 saturated carbocycles. The summed E-state index contributed by atoms with van der Waals surface area (Å²) < 4.78 is 5.99. The normalized spacial score (nSPS) is 14.7. The SMILES string of the molecule is CC(C)(C)OC(=O)N1C(=O)NCc2cc(Br)cnc21. The van der Waals surface area contributed by atoms with Crippen molar-refractivity contribution in [1.82, 2.24) is 10.3 Å². The number of aromatic nitrogens is 1. The highest BCUT2D eigenvalue weighted by Crippen LogP contribution is 2.26. The van der Waals surface area contributed by atoms with Gasteiger partial charge in [0, 0.05) is 22.8 Å². The number of halogens is 1. The smallest absolute Gasteiger partial charge is 0.424 e. The molecule has 1 aliphatic heterocycles. The summed E-state index contributed by atoms with van der Waals surface area (Å²) in [7, 11) is 0. The monoisotopic (exact) mass is 327 g/mol. The molecule has 1 aromatic heterocycles. The van der Waals surface area contributed by atoms with Gasteiger partial charge in [0.05, 0.1) is 0 Å². The molecule has 0 atom stereocenters. The van der Waals surface area contributed by atoms with Crippen molar-refractivity contribution < 1.29 is 14.3 Å². The predicted octanol–water partition coefficient (Wildman–Crippen LogP) is 2.81. The first-order valence-electron chi connectivity index (χ1n) is 5.73. The van der Waals surface area contributed by atoms with Gasteiger partial charge in [-0.15, -0.1) is 0 Å². The number of ether oxygens (including phenoxy) is 1. The maximum Gasteiger partial charge on any atom is 0.424 e. The Bertz CT molecular complexity index is 540. The third kappa shape index (κ3) is 3.04. The molecule has 0 saturated heterocycles. The number of nitrogens with one attached hydrogen (secondary N) is 1. The Morgan fingerprint density at radius 2 is 2.21 bits per heavy atom. The molecule has 2 rings (SSSR count). The molecule has 0 aromatic carbocycles. The fourth-order valence-electron chi connectivity index (χ4n) is 1.63. The van der Waals surface area contributed by atoms with Gasteiger partial charge in [-0.25, -0.2) is 14.6 Å². The van der Waals surface area contributed by atoms with Gasteiger partial charge in [0.15, 0.2) is 5.82 Å². The van der Waals surface area contributed by atoms with E-state index >= 15 is 0 Å². The van der Waals surface area contributed by atoms with Crippen LogP contribution >= 0.6 is 15.9 Å². The molecule has 102 valence electrons. The quantitative estimate of drug-likeness (QED) is 0.795. The van der Waals surface area contributed by atoms with Crippen LogP contribution in [0.2, 0.25) is 0 Å². The summed E-state index contributed by atoms with van der Waals surface area (Å²) in [4.78, 5) is 28.9. The highest BCUT2D eigenvalue weighted by Gasteiger charge is 2.34. The largest absolute Gasteiger partial charge is 0.443 e. The van der Waals surface area contributed by atoms with E-state index in [-0.39, 0.29) is 0 Å². The molecule has 7 heteroatoms. The van der Waals surface area contributed by atoms with Crippen LogP contribution < -0.4 is 10.2 Å². The lowest BCUT2D eigenvalue weighted by Gasteiger charge is -2.29. The van der Waals surface area contributed by atoms with E-state index in [1.165, 1.54) is 6.20 Å². The van der Waals surface area contributed by atoms with Crippen LogP contribution in [-0.4, -0.2) is 22.7 Å². The molecule has 1 aliphatic rings. The van der Waals surface area contributed by atoms with E-state index in [1.807, 2.05) is 0 Å². The predicted molar refractivity (Wildman–Crippen MR) is 72.9 cm³/mol.